The Hall–Kier alpha value is -2.46. The third-order valence-electron chi connectivity index (χ3n) is 19.3. The summed E-state index contributed by atoms with van der Waals surface area (Å²) in [6.07, 6.45) is 70.4. The Labute approximate surface area is 624 Å². The number of hydrogen-bond donors (Lipinski definition) is 3. The van der Waals surface area contributed by atoms with Crippen molar-refractivity contribution in [2.45, 2.75) is 438 Å². The highest BCUT2D eigenvalue weighted by Crippen LogP contribution is 2.45. The van der Waals surface area contributed by atoms with Crippen molar-refractivity contribution in [3.05, 3.63) is 24.3 Å². The van der Waals surface area contributed by atoms with Crippen LogP contribution in [0.2, 0.25) is 0 Å². The maximum atomic E-state index is 13.1. The molecule has 0 aliphatic carbocycles. The van der Waals surface area contributed by atoms with Crippen LogP contribution in [0.25, 0.3) is 0 Å². The normalized spacial score (nSPS) is 14.2. The zero-order valence-corrected chi connectivity index (χ0v) is 68.0. The number of phosphoric acid groups is 2. The van der Waals surface area contributed by atoms with Crippen LogP contribution in [0.15, 0.2) is 24.3 Å². The molecule has 0 saturated heterocycles. The van der Waals surface area contributed by atoms with Gasteiger partial charge in [0.1, 0.15) is 19.3 Å². The predicted octanol–water partition coefficient (Wildman–Crippen LogP) is 24.8. The Morgan fingerprint density at radius 1 is 0.314 bits per heavy atom. The van der Waals surface area contributed by atoms with Crippen molar-refractivity contribution < 1.29 is 80.2 Å². The molecule has 0 fully saturated rings. The van der Waals surface area contributed by atoms with Crippen molar-refractivity contribution in [1.82, 2.24) is 0 Å². The van der Waals surface area contributed by atoms with E-state index >= 15 is 0 Å². The summed E-state index contributed by atoms with van der Waals surface area (Å²) < 4.78 is 68.6. The summed E-state index contributed by atoms with van der Waals surface area (Å²) in [7, 11) is -9.93. The Kier molecular flexibility index (Phi) is 73.5. The molecule has 0 bridgehead atoms. The molecule has 0 radical (unpaired) electrons. The van der Waals surface area contributed by atoms with Gasteiger partial charge in [0.2, 0.25) is 0 Å². The maximum Gasteiger partial charge on any atom is 0.472 e. The fourth-order valence-corrected chi connectivity index (χ4v) is 13.9. The molecular weight excluding hydrogens is 1330 g/mol. The van der Waals surface area contributed by atoms with Crippen molar-refractivity contribution in [3.8, 4) is 0 Å². The number of unbranched alkanes of at least 4 members (excludes halogenated alkanes) is 49. The van der Waals surface area contributed by atoms with Crippen molar-refractivity contribution >= 4 is 39.5 Å². The lowest BCUT2D eigenvalue weighted by Crippen LogP contribution is -2.30. The largest absolute Gasteiger partial charge is 0.472 e. The van der Waals surface area contributed by atoms with E-state index in [0.717, 1.165) is 121 Å². The van der Waals surface area contributed by atoms with Gasteiger partial charge in [0.15, 0.2) is 12.2 Å². The molecule has 0 spiro atoms. The Morgan fingerprint density at radius 2 is 0.549 bits per heavy atom. The van der Waals surface area contributed by atoms with Gasteiger partial charge in [-0.15, -0.1) is 0 Å². The summed E-state index contributed by atoms with van der Waals surface area (Å²) in [5.74, 6) is -1.29. The lowest BCUT2D eigenvalue weighted by atomic mass is 9.99. The highest BCUT2D eigenvalue weighted by atomic mass is 31.2. The van der Waals surface area contributed by atoms with E-state index in [4.69, 9.17) is 37.0 Å². The van der Waals surface area contributed by atoms with Crippen molar-refractivity contribution in [2.24, 2.45) is 5.92 Å². The molecule has 0 rings (SSSR count). The zero-order valence-electron chi connectivity index (χ0n) is 66.2. The van der Waals surface area contributed by atoms with E-state index in [1.165, 1.54) is 218 Å². The fraction of sp³-hybridized carbons (Fsp3) is 0.904. The van der Waals surface area contributed by atoms with E-state index in [1.807, 2.05) is 0 Å². The molecular formula is C83H158O17P2. The molecule has 602 valence electrons. The van der Waals surface area contributed by atoms with Crippen molar-refractivity contribution in [3.63, 3.8) is 0 Å². The minimum atomic E-state index is -4.97. The summed E-state index contributed by atoms with van der Waals surface area (Å²) in [4.78, 5) is 72.9. The number of esters is 4. The lowest BCUT2D eigenvalue weighted by molar-refractivity contribution is -0.161. The Balaban J connectivity index is 5.19. The van der Waals surface area contributed by atoms with E-state index in [-0.39, 0.29) is 25.7 Å². The van der Waals surface area contributed by atoms with Crippen LogP contribution in [0.5, 0.6) is 0 Å². The second-order valence-electron chi connectivity index (χ2n) is 29.4. The highest BCUT2D eigenvalue weighted by molar-refractivity contribution is 7.47. The number of rotatable bonds is 81. The molecule has 0 aromatic rings. The van der Waals surface area contributed by atoms with Gasteiger partial charge in [0.25, 0.3) is 0 Å². The molecule has 102 heavy (non-hydrogen) atoms. The summed E-state index contributed by atoms with van der Waals surface area (Å²) in [6, 6.07) is 0. The predicted molar refractivity (Wildman–Crippen MR) is 418 cm³/mol. The van der Waals surface area contributed by atoms with Gasteiger partial charge in [0.05, 0.1) is 26.4 Å². The highest BCUT2D eigenvalue weighted by Gasteiger charge is 2.30. The van der Waals surface area contributed by atoms with E-state index in [0.29, 0.717) is 25.7 Å². The van der Waals surface area contributed by atoms with Crippen LogP contribution in [0.1, 0.15) is 420 Å². The van der Waals surface area contributed by atoms with Crippen molar-refractivity contribution in [1.29, 1.82) is 0 Å². The van der Waals surface area contributed by atoms with Crippen LogP contribution in [-0.2, 0) is 65.4 Å². The molecule has 3 N–H and O–H groups in total. The number of phosphoric ester groups is 2. The van der Waals surface area contributed by atoms with Crippen LogP contribution >= 0.6 is 15.6 Å². The second-order valence-corrected chi connectivity index (χ2v) is 32.3. The SMILES string of the molecule is CCCCCC/C=C\C=C/CCCCCCCC(=O)O[C@H](COC(=O)CCCCCCCCC)COP(=O)(O)OC[C@H](O)COP(=O)(O)OC[C@@H](COC(=O)CCCCCCCCCCCCCCCCC(C)CC)OC(=O)CCCCCCCCCCCCCCCCCCCCCCCC. The first-order valence-electron chi connectivity index (χ1n) is 42.5. The minimum absolute atomic E-state index is 0.0850. The van der Waals surface area contributed by atoms with Crippen molar-refractivity contribution in [2.75, 3.05) is 39.6 Å². The number of hydrogen-bond acceptors (Lipinski definition) is 15. The van der Waals surface area contributed by atoms with Crippen LogP contribution < -0.4 is 0 Å². The number of ether oxygens (including phenoxy) is 4. The van der Waals surface area contributed by atoms with Gasteiger partial charge in [-0.05, 0) is 57.3 Å². The van der Waals surface area contributed by atoms with Gasteiger partial charge >= 0.3 is 39.5 Å². The van der Waals surface area contributed by atoms with Crippen LogP contribution in [0, 0.1) is 5.92 Å². The van der Waals surface area contributed by atoms with Gasteiger partial charge in [0, 0.05) is 25.7 Å². The van der Waals surface area contributed by atoms with Gasteiger partial charge in [-0.1, -0.05) is 367 Å². The number of carbonyl (C=O) groups excluding carboxylic acids is 4. The first kappa shape index (κ1) is 99.5. The molecule has 17 nitrogen and oxygen atoms in total. The van der Waals surface area contributed by atoms with Crippen LogP contribution in [-0.4, -0.2) is 96.7 Å². The summed E-state index contributed by atoms with van der Waals surface area (Å²) in [5.41, 5.74) is 0. The van der Waals surface area contributed by atoms with Gasteiger partial charge in [-0.2, -0.15) is 0 Å². The first-order chi connectivity index (χ1) is 49.6. The van der Waals surface area contributed by atoms with E-state index in [9.17, 15) is 43.2 Å². The zero-order chi connectivity index (χ0) is 74.8. The minimum Gasteiger partial charge on any atom is -0.462 e. The Morgan fingerprint density at radius 3 is 0.833 bits per heavy atom. The average molecular weight is 1490 g/mol. The van der Waals surface area contributed by atoms with Crippen LogP contribution in [0.3, 0.4) is 0 Å². The fourth-order valence-electron chi connectivity index (χ4n) is 12.4. The molecule has 19 heteroatoms. The Bertz CT molecular complexity index is 2040. The topological polar surface area (TPSA) is 237 Å². The second kappa shape index (κ2) is 75.4. The smallest absolute Gasteiger partial charge is 0.462 e. The van der Waals surface area contributed by atoms with E-state index in [2.05, 4.69) is 58.9 Å². The molecule has 0 aromatic heterocycles. The molecule has 6 atom stereocenters. The van der Waals surface area contributed by atoms with E-state index in [1.54, 1.807) is 0 Å². The number of aliphatic hydroxyl groups is 1. The number of carbonyl (C=O) groups is 4. The molecule has 0 saturated carbocycles. The maximum absolute atomic E-state index is 13.1. The third-order valence-corrected chi connectivity index (χ3v) is 21.2. The van der Waals surface area contributed by atoms with E-state index < -0.39 is 97.5 Å². The summed E-state index contributed by atoms with van der Waals surface area (Å²) in [5, 5.41) is 10.6. The monoisotopic (exact) mass is 1490 g/mol. The summed E-state index contributed by atoms with van der Waals surface area (Å²) in [6.45, 7) is 7.28. The van der Waals surface area contributed by atoms with Crippen LogP contribution in [0.4, 0.5) is 0 Å². The first-order valence-corrected chi connectivity index (χ1v) is 45.5. The standard InChI is InChI=1S/C83H158O17P2/c1-6-10-13-16-19-21-23-25-27-28-29-30-31-32-33-35-41-45-49-54-59-64-69-83(88)100-79(73-94-81(86)67-62-57-52-47-43-39-37-36-38-42-46-51-55-60-65-76(5)9-4)75-98-102(91,92)96-71-77(84)70-95-101(89,90)97-74-78(72-93-80(85)66-61-56-50-18-15-12-8-3)99-82(87)68-63-58-53-48-44-40-34-26-24-22-20-17-14-11-7-2/h22,24,26,34,76-79,84H,6-21,23,25,27-33,35-75H2,1-5H3,(H,89,90)(H,91,92)/b24-22-,34-26-/t76?,77-,78+,79+/m0/s1. The number of aliphatic hydroxyl groups excluding tert-OH is 1. The van der Waals surface area contributed by atoms with Gasteiger partial charge < -0.3 is 33.8 Å². The molecule has 0 aliphatic heterocycles. The molecule has 0 aromatic carbocycles. The molecule has 3 unspecified atom stereocenters. The molecule has 0 amide bonds. The third kappa shape index (κ3) is 74.4. The molecule has 0 aliphatic rings. The van der Waals surface area contributed by atoms with Gasteiger partial charge in [-0.25, -0.2) is 9.13 Å². The quantitative estimate of drug-likeness (QED) is 0.0169. The molecule has 0 heterocycles. The average Bonchev–Trinajstić information content (AvgIpc) is 0.936. The van der Waals surface area contributed by atoms with Gasteiger partial charge in [-0.3, -0.25) is 37.3 Å². The summed E-state index contributed by atoms with van der Waals surface area (Å²) >= 11 is 0. The lowest BCUT2D eigenvalue weighted by Gasteiger charge is -2.21. The number of allylic oxidation sites excluding steroid dienone is 4.